The van der Waals surface area contributed by atoms with Gasteiger partial charge >= 0.3 is 5.97 Å². The highest BCUT2D eigenvalue weighted by molar-refractivity contribution is 9.10. The van der Waals surface area contributed by atoms with Crippen LogP contribution in [0.1, 0.15) is 33.3 Å². The van der Waals surface area contributed by atoms with Crippen LogP contribution >= 0.6 is 27.7 Å². The number of esters is 1. The molecule has 0 unspecified atom stereocenters. The summed E-state index contributed by atoms with van der Waals surface area (Å²) in [6, 6.07) is 3.01. The highest BCUT2D eigenvalue weighted by Gasteiger charge is 2.37. The molecule has 9 heteroatoms. The lowest BCUT2D eigenvalue weighted by atomic mass is 10.2. The van der Waals surface area contributed by atoms with Crippen LogP contribution in [0.15, 0.2) is 21.5 Å². The first-order chi connectivity index (χ1) is 12.5. The van der Waals surface area contributed by atoms with Gasteiger partial charge in [0.05, 0.1) is 11.5 Å². The minimum Gasteiger partial charge on any atom is -0.504 e. The van der Waals surface area contributed by atoms with E-state index in [0.29, 0.717) is 16.6 Å². The van der Waals surface area contributed by atoms with E-state index in [1.54, 1.807) is 33.8 Å². The maximum atomic E-state index is 12.5. The minimum atomic E-state index is -0.707. The monoisotopic (exact) mass is 457 g/mol. The Hall–Kier alpha value is -2.00. The largest absolute Gasteiger partial charge is 0.504 e. The first kappa shape index (κ1) is 21.3. The average Bonchev–Trinajstić information content (AvgIpc) is 2.78. The van der Waals surface area contributed by atoms with Gasteiger partial charge in [0.2, 0.25) is 0 Å². The minimum absolute atomic E-state index is 0.0427. The summed E-state index contributed by atoms with van der Waals surface area (Å²) in [5, 5.41) is 9.33. The molecule has 7 nitrogen and oxygen atoms in total. The molecule has 0 bridgehead atoms. The molecule has 0 atom stereocenters. The van der Waals surface area contributed by atoms with Crippen molar-refractivity contribution in [2.24, 2.45) is 0 Å². The van der Waals surface area contributed by atoms with Crippen LogP contribution in [0.4, 0.5) is 4.79 Å². The zero-order chi connectivity index (χ0) is 20.4. The van der Waals surface area contributed by atoms with Crippen LogP contribution in [0.3, 0.4) is 0 Å². The molecular weight excluding hydrogens is 438 g/mol. The third kappa shape index (κ3) is 5.49. The SMILES string of the molecule is CCOc1cc(C=C2SC(=O)N(CC(=O)OC(C)(C)C)C2=O)c(Br)cc1O. The number of thioether (sulfide) groups is 1. The fourth-order valence-electron chi connectivity index (χ4n) is 2.22. The number of halogens is 1. The smallest absolute Gasteiger partial charge is 0.326 e. The van der Waals surface area contributed by atoms with Crippen molar-refractivity contribution in [3.05, 3.63) is 27.1 Å². The fraction of sp³-hybridized carbons (Fsp3) is 0.389. The Morgan fingerprint density at radius 3 is 2.59 bits per heavy atom. The van der Waals surface area contributed by atoms with E-state index < -0.39 is 29.3 Å². The van der Waals surface area contributed by atoms with Gasteiger partial charge in [0.15, 0.2) is 11.5 Å². The van der Waals surface area contributed by atoms with Crippen molar-refractivity contribution in [3.8, 4) is 11.5 Å². The normalized spacial score (nSPS) is 16.2. The third-order valence-corrected chi connectivity index (χ3v) is 4.84. The van der Waals surface area contributed by atoms with Gasteiger partial charge in [0, 0.05) is 4.47 Å². The van der Waals surface area contributed by atoms with E-state index in [0.717, 1.165) is 16.7 Å². The van der Waals surface area contributed by atoms with Gasteiger partial charge in [-0.25, -0.2) is 0 Å². The van der Waals surface area contributed by atoms with Crippen LogP contribution in [-0.4, -0.2) is 45.9 Å². The molecule has 0 spiro atoms. The van der Waals surface area contributed by atoms with Crippen LogP contribution in [0, 0.1) is 0 Å². The quantitative estimate of drug-likeness (QED) is 0.528. The van der Waals surface area contributed by atoms with Crippen molar-refractivity contribution in [2.45, 2.75) is 33.3 Å². The second-order valence-corrected chi connectivity index (χ2v) is 8.48. The summed E-state index contributed by atoms with van der Waals surface area (Å²) in [7, 11) is 0. The summed E-state index contributed by atoms with van der Waals surface area (Å²) >= 11 is 4.05. The Labute approximate surface area is 169 Å². The zero-order valence-electron chi connectivity index (χ0n) is 15.4. The van der Waals surface area contributed by atoms with Crippen LogP contribution in [0.2, 0.25) is 0 Å². The lowest BCUT2D eigenvalue weighted by molar-refractivity contribution is -0.156. The van der Waals surface area contributed by atoms with Gasteiger partial charge < -0.3 is 14.6 Å². The third-order valence-electron chi connectivity index (χ3n) is 3.25. The van der Waals surface area contributed by atoms with E-state index in [-0.39, 0.29) is 16.4 Å². The lowest BCUT2D eigenvalue weighted by Crippen LogP contribution is -2.37. The van der Waals surface area contributed by atoms with Gasteiger partial charge in [-0.2, -0.15) is 0 Å². The molecule has 1 saturated heterocycles. The Bertz CT molecular complexity index is 815. The summed E-state index contributed by atoms with van der Waals surface area (Å²) in [5.74, 6) is -1.01. The zero-order valence-corrected chi connectivity index (χ0v) is 17.8. The summed E-state index contributed by atoms with van der Waals surface area (Å²) in [6.07, 6.45) is 1.51. The lowest BCUT2D eigenvalue weighted by Gasteiger charge is -2.21. The maximum Gasteiger partial charge on any atom is 0.326 e. The molecule has 1 aliphatic heterocycles. The summed E-state index contributed by atoms with van der Waals surface area (Å²) in [6.45, 7) is 6.81. The second kappa shape index (κ2) is 8.35. The fourth-order valence-corrected chi connectivity index (χ4v) is 3.50. The van der Waals surface area contributed by atoms with Crippen LogP contribution in [-0.2, 0) is 14.3 Å². The van der Waals surface area contributed by atoms with E-state index in [9.17, 15) is 19.5 Å². The number of carbonyl (C=O) groups is 3. The number of ether oxygens (including phenoxy) is 2. The van der Waals surface area contributed by atoms with Gasteiger partial charge in [-0.1, -0.05) is 15.9 Å². The summed E-state index contributed by atoms with van der Waals surface area (Å²) < 4.78 is 11.0. The van der Waals surface area contributed by atoms with Gasteiger partial charge in [0.25, 0.3) is 11.1 Å². The molecule has 1 aliphatic rings. The Kier molecular flexibility index (Phi) is 6.59. The molecule has 1 aromatic carbocycles. The van der Waals surface area contributed by atoms with Gasteiger partial charge in [0.1, 0.15) is 12.1 Å². The van der Waals surface area contributed by atoms with Crippen LogP contribution < -0.4 is 4.74 Å². The van der Waals surface area contributed by atoms with Crippen molar-refractivity contribution in [1.29, 1.82) is 0 Å². The molecule has 2 amide bonds. The van der Waals surface area contributed by atoms with Crippen LogP contribution in [0.25, 0.3) is 6.08 Å². The number of benzene rings is 1. The standard InChI is InChI=1S/C18H20BrNO6S/c1-5-25-13-6-10(11(19)8-12(13)21)7-14-16(23)20(17(24)27-14)9-15(22)26-18(2,3)4/h6-8,21H,5,9H2,1-4H3. The molecule has 146 valence electrons. The number of rotatable bonds is 5. The predicted octanol–water partition coefficient (Wildman–Crippen LogP) is 3.93. The molecule has 0 aromatic heterocycles. The molecule has 1 aromatic rings. The van der Waals surface area contributed by atoms with Gasteiger partial charge in [-0.3, -0.25) is 19.3 Å². The molecule has 1 fully saturated rings. The van der Waals surface area contributed by atoms with E-state index in [4.69, 9.17) is 9.47 Å². The summed E-state index contributed by atoms with van der Waals surface area (Å²) in [5.41, 5.74) is -0.152. The van der Waals surface area contributed by atoms with Crippen molar-refractivity contribution < 1.29 is 29.0 Å². The van der Waals surface area contributed by atoms with E-state index in [1.807, 2.05) is 0 Å². The van der Waals surface area contributed by atoms with E-state index in [2.05, 4.69) is 15.9 Å². The number of aromatic hydroxyl groups is 1. The number of carbonyl (C=O) groups excluding carboxylic acids is 3. The van der Waals surface area contributed by atoms with Crippen molar-refractivity contribution >= 4 is 50.9 Å². The molecule has 0 saturated carbocycles. The number of phenolic OH excluding ortho intramolecular Hbond substituents is 1. The average molecular weight is 458 g/mol. The van der Waals surface area contributed by atoms with Crippen molar-refractivity contribution in [3.63, 3.8) is 0 Å². The first-order valence-corrected chi connectivity index (χ1v) is 9.75. The molecule has 0 radical (unpaired) electrons. The molecule has 0 aliphatic carbocycles. The predicted molar refractivity (Wildman–Crippen MR) is 105 cm³/mol. The second-order valence-electron chi connectivity index (χ2n) is 6.63. The number of hydrogen-bond donors (Lipinski definition) is 1. The number of hydrogen-bond acceptors (Lipinski definition) is 7. The van der Waals surface area contributed by atoms with Crippen molar-refractivity contribution in [2.75, 3.05) is 13.2 Å². The molecule has 1 N–H and O–H groups in total. The van der Waals surface area contributed by atoms with Gasteiger partial charge in [-0.15, -0.1) is 0 Å². The number of amides is 2. The Morgan fingerprint density at radius 1 is 1.33 bits per heavy atom. The highest BCUT2D eigenvalue weighted by Crippen LogP contribution is 2.37. The maximum absolute atomic E-state index is 12.5. The van der Waals surface area contributed by atoms with Crippen molar-refractivity contribution in [1.82, 2.24) is 4.90 Å². The van der Waals surface area contributed by atoms with E-state index >= 15 is 0 Å². The molecule has 27 heavy (non-hydrogen) atoms. The Morgan fingerprint density at radius 2 is 2.00 bits per heavy atom. The summed E-state index contributed by atoms with van der Waals surface area (Å²) in [4.78, 5) is 37.6. The molecule has 1 heterocycles. The number of imide groups is 1. The number of nitrogens with zero attached hydrogens (tertiary/aromatic N) is 1. The molecule has 2 rings (SSSR count). The number of phenols is 1. The highest BCUT2D eigenvalue weighted by atomic mass is 79.9. The van der Waals surface area contributed by atoms with Gasteiger partial charge in [-0.05, 0) is 63.2 Å². The molecular formula is C18H20BrNO6S. The topological polar surface area (TPSA) is 93.1 Å². The Balaban J connectivity index is 2.23. The first-order valence-electron chi connectivity index (χ1n) is 8.14. The van der Waals surface area contributed by atoms with Crippen LogP contribution in [0.5, 0.6) is 11.5 Å². The van der Waals surface area contributed by atoms with E-state index in [1.165, 1.54) is 12.1 Å².